The summed E-state index contributed by atoms with van der Waals surface area (Å²) >= 11 is 0. The first-order chi connectivity index (χ1) is 6.26. The first kappa shape index (κ1) is 12.6. The Kier molecular flexibility index (Phi) is 8.00. The normalized spacial score (nSPS) is 15.3. The summed E-state index contributed by atoms with van der Waals surface area (Å²) in [6.45, 7) is 4.22. The molecule has 0 heterocycles. The molecule has 2 nitrogen and oxygen atoms in total. The molecule has 0 bridgehead atoms. The van der Waals surface area contributed by atoms with E-state index in [9.17, 15) is 4.79 Å². The molecule has 0 saturated heterocycles. The lowest BCUT2D eigenvalue weighted by Crippen LogP contribution is -2.30. The summed E-state index contributed by atoms with van der Waals surface area (Å²) in [4.78, 5) is 10.7. The second-order valence-corrected chi connectivity index (χ2v) is 3.72. The van der Waals surface area contributed by atoms with Crippen molar-refractivity contribution in [3.63, 3.8) is 0 Å². The number of nitrogens with two attached hydrogens (primary N) is 1. The van der Waals surface area contributed by atoms with E-state index in [-0.39, 0.29) is 12.0 Å². The minimum Gasteiger partial charge on any atom is -0.327 e. The minimum atomic E-state index is 0.0686. The minimum absolute atomic E-state index is 0.0686. The highest BCUT2D eigenvalue weighted by molar-refractivity contribution is 5.54. The standard InChI is InChI=1S/C11H23NO/c1-3-5-6-7-8-10(9-13)11(12)4-2/h9-11H,3-8,12H2,1-2H3/t10-,11+/m0/s1. The molecule has 2 atom stereocenters. The van der Waals surface area contributed by atoms with Crippen LogP contribution in [0.2, 0.25) is 0 Å². The first-order valence-electron chi connectivity index (χ1n) is 5.47. The molecule has 0 amide bonds. The molecule has 0 aliphatic heterocycles. The third kappa shape index (κ3) is 5.81. The maximum absolute atomic E-state index is 10.7. The van der Waals surface area contributed by atoms with E-state index < -0.39 is 0 Å². The van der Waals surface area contributed by atoms with Crippen LogP contribution in [0.4, 0.5) is 0 Å². The molecule has 0 aromatic carbocycles. The van der Waals surface area contributed by atoms with E-state index in [0.717, 1.165) is 25.5 Å². The Morgan fingerprint density at radius 2 is 1.92 bits per heavy atom. The van der Waals surface area contributed by atoms with Crippen molar-refractivity contribution in [2.24, 2.45) is 11.7 Å². The van der Waals surface area contributed by atoms with Gasteiger partial charge >= 0.3 is 0 Å². The van der Waals surface area contributed by atoms with Gasteiger partial charge in [0.15, 0.2) is 0 Å². The molecule has 2 N–H and O–H groups in total. The summed E-state index contributed by atoms with van der Waals surface area (Å²) in [5.41, 5.74) is 5.81. The van der Waals surface area contributed by atoms with E-state index in [2.05, 4.69) is 6.92 Å². The van der Waals surface area contributed by atoms with Crippen LogP contribution in [0.25, 0.3) is 0 Å². The fraction of sp³-hybridized carbons (Fsp3) is 0.909. The van der Waals surface area contributed by atoms with Crippen molar-refractivity contribution < 1.29 is 4.79 Å². The van der Waals surface area contributed by atoms with E-state index >= 15 is 0 Å². The SMILES string of the molecule is CCCCCC[C@@H](C=O)[C@H](N)CC. The van der Waals surface area contributed by atoms with Crippen molar-refractivity contribution in [3.8, 4) is 0 Å². The highest BCUT2D eigenvalue weighted by atomic mass is 16.1. The van der Waals surface area contributed by atoms with E-state index in [4.69, 9.17) is 5.73 Å². The Labute approximate surface area is 81.9 Å². The number of hydrogen-bond donors (Lipinski definition) is 1. The van der Waals surface area contributed by atoms with Gasteiger partial charge in [-0.15, -0.1) is 0 Å². The maximum Gasteiger partial charge on any atom is 0.124 e. The largest absolute Gasteiger partial charge is 0.327 e. The van der Waals surface area contributed by atoms with Crippen LogP contribution in [0.5, 0.6) is 0 Å². The van der Waals surface area contributed by atoms with Crippen molar-refractivity contribution in [3.05, 3.63) is 0 Å². The van der Waals surface area contributed by atoms with Gasteiger partial charge in [-0.3, -0.25) is 0 Å². The van der Waals surface area contributed by atoms with E-state index in [1.807, 2.05) is 6.92 Å². The summed E-state index contributed by atoms with van der Waals surface area (Å²) < 4.78 is 0. The topological polar surface area (TPSA) is 43.1 Å². The van der Waals surface area contributed by atoms with Crippen LogP contribution in [0.15, 0.2) is 0 Å². The summed E-state index contributed by atoms with van der Waals surface area (Å²) in [6, 6.07) is 0.0686. The van der Waals surface area contributed by atoms with Gasteiger partial charge in [0.05, 0.1) is 0 Å². The van der Waals surface area contributed by atoms with Crippen molar-refractivity contribution >= 4 is 6.29 Å². The Bertz CT molecular complexity index is 125. The van der Waals surface area contributed by atoms with E-state index in [1.54, 1.807) is 0 Å². The summed E-state index contributed by atoms with van der Waals surface area (Å²) in [7, 11) is 0. The molecule has 0 aliphatic rings. The predicted molar refractivity (Wildman–Crippen MR) is 56.6 cm³/mol. The predicted octanol–water partition coefficient (Wildman–Crippen LogP) is 2.51. The fourth-order valence-electron chi connectivity index (χ4n) is 1.49. The van der Waals surface area contributed by atoms with Crippen LogP contribution < -0.4 is 5.73 Å². The van der Waals surface area contributed by atoms with Crippen LogP contribution in [0.1, 0.15) is 52.4 Å². The number of hydrogen-bond acceptors (Lipinski definition) is 2. The molecule has 0 spiro atoms. The second kappa shape index (κ2) is 8.24. The average molecular weight is 185 g/mol. The van der Waals surface area contributed by atoms with Crippen molar-refractivity contribution in [2.75, 3.05) is 0 Å². The van der Waals surface area contributed by atoms with Gasteiger partial charge in [0, 0.05) is 12.0 Å². The van der Waals surface area contributed by atoms with Crippen molar-refractivity contribution in [1.82, 2.24) is 0 Å². The summed E-state index contributed by atoms with van der Waals surface area (Å²) in [6.07, 6.45) is 7.79. The van der Waals surface area contributed by atoms with Gasteiger partial charge in [-0.05, 0) is 12.8 Å². The van der Waals surface area contributed by atoms with Crippen molar-refractivity contribution in [2.45, 2.75) is 58.4 Å². The zero-order chi connectivity index (χ0) is 10.1. The maximum atomic E-state index is 10.7. The number of unbranched alkanes of at least 4 members (excludes halogenated alkanes) is 3. The zero-order valence-corrected chi connectivity index (χ0v) is 8.96. The smallest absolute Gasteiger partial charge is 0.124 e. The molecule has 0 aliphatic carbocycles. The molecule has 0 saturated carbocycles. The number of carbonyl (C=O) groups is 1. The van der Waals surface area contributed by atoms with Crippen LogP contribution in [0, 0.1) is 5.92 Å². The fourth-order valence-corrected chi connectivity index (χ4v) is 1.49. The van der Waals surface area contributed by atoms with Crippen LogP contribution in [-0.2, 0) is 4.79 Å². The Morgan fingerprint density at radius 3 is 2.38 bits per heavy atom. The summed E-state index contributed by atoms with van der Waals surface area (Å²) in [5.74, 6) is 0.0851. The number of carbonyl (C=O) groups excluding carboxylic acids is 1. The zero-order valence-electron chi connectivity index (χ0n) is 8.96. The molecule has 0 radical (unpaired) electrons. The average Bonchev–Trinajstić information content (AvgIpc) is 2.17. The van der Waals surface area contributed by atoms with Crippen LogP contribution in [-0.4, -0.2) is 12.3 Å². The highest BCUT2D eigenvalue weighted by Crippen LogP contribution is 2.13. The number of aldehydes is 1. The lowest BCUT2D eigenvalue weighted by Gasteiger charge is -2.16. The molecule has 13 heavy (non-hydrogen) atoms. The summed E-state index contributed by atoms with van der Waals surface area (Å²) in [5, 5.41) is 0. The molecule has 0 fully saturated rings. The molecule has 0 aromatic heterocycles. The molecule has 78 valence electrons. The Morgan fingerprint density at radius 1 is 1.23 bits per heavy atom. The first-order valence-corrected chi connectivity index (χ1v) is 5.47. The lowest BCUT2D eigenvalue weighted by atomic mass is 9.93. The van der Waals surface area contributed by atoms with Gasteiger partial charge in [-0.1, -0.05) is 39.5 Å². The molecule has 0 aromatic rings. The molecular formula is C11H23NO. The second-order valence-electron chi connectivity index (χ2n) is 3.72. The third-order valence-electron chi connectivity index (χ3n) is 2.59. The van der Waals surface area contributed by atoms with Gasteiger partial charge < -0.3 is 10.5 Å². The van der Waals surface area contributed by atoms with Gasteiger partial charge in [0.25, 0.3) is 0 Å². The van der Waals surface area contributed by atoms with Gasteiger partial charge in [0.1, 0.15) is 6.29 Å². The van der Waals surface area contributed by atoms with E-state index in [0.29, 0.717) is 0 Å². The number of rotatable bonds is 8. The van der Waals surface area contributed by atoms with Crippen molar-refractivity contribution in [1.29, 1.82) is 0 Å². The molecular weight excluding hydrogens is 162 g/mol. The van der Waals surface area contributed by atoms with Gasteiger partial charge in [-0.2, -0.15) is 0 Å². The van der Waals surface area contributed by atoms with Gasteiger partial charge in [0.2, 0.25) is 0 Å². The highest BCUT2D eigenvalue weighted by Gasteiger charge is 2.14. The third-order valence-corrected chi connectivity index (χ3v) is 2.59. The van der Waals surface area contributed by atoms with E-state index in [1.165, 1.54) is 19.3 Å². The monoisotopic (exact) mass is 185 g/mol. The Hall–Kier alpha value is -0.370. The molecule has 2 heteroatoms. The Balaban J connectivity index is 3.53. The lowest BCUT2D eigenvalue weighted by molar-refractivity contribution is -0.111. The molecule has 0 unspecified atom stereocenters. The van der Waals surface area contributed by atoms with Gasteiger partial charge in [-0.25, -0.2) is 0 Å². The van der Waals surface area contributed by atoms with Crippen LogP contribution >= 0.6 is 0 Å². The molecule has 0 rings (SSSR count). The van der Waals surface area contributed by atoms with Crippen LogP contribution in [0.3, 0.4) is 0 Å². The quantitative estimate of drug-likeness (QED) is 0.466.